The second kappa shape index (κ2) is 36.3. The zero-order valence-corrected chi connectivity index (χ0v) is 71.7. The molecule has 0 atom stereocenters. The summed E-state index contributed by atoms with van der Waals surface area (Å²) in [5.74, 6) is -3.59. The highest BCUT2D eigenvalue weighted by Crippen LogP contribution is 2.51. The number of aryl methyl sites for hydroxylation is 2. The van der Waals surface area contributed by atoms with Gasteiger partial charge in [0.05, 0.1) is 26.3 Å². The smallest absolute Gasteiger partial charge is 0.373 e. The number of phenols is 2. The number of aromatic hydroxyl groups is 2. The number of hydrogen-bond acceptors (Lipinski definition) is 19. The molecule has 7 N–H and O–H groups in total. The average molecular weight is 1740 g/mol. The second-order valence-corrected chi connectivity index (χ2v) is 36.4. The van der Waals surface area contributed by atoms with Crippen molar-refractivity contribution in [2.24, 2.45) is 5.92 Å². The number of unbranched alkanes of at least 4 members (excludes halogenated alkanes) is 2. The van der Waals surface area contributed by atoms with E-state index < -0.39 is 82.4 Å². The molecule has 0 unspecified atom stereocenters. The number of benzene rings is 10. The zero-order chi connectivity index (χ0) is 89.5. The van der Waals surface area contributed by atoms with Gasteiger partial charge in [-0.05, 0) is 175 Å². The van der Waals surface area contributed by atoms with Crippen LogP contribution in [0.5, 0.6) is 23.0 Å². The standard InChI is InChI=1S/C39H47N3O6S2.C23H20N2O3.C22H16F2O3.C12H10F2O3.CO2/c1-25(2)10-4-3-5-17-40-49(43,44)28-15-16-29(34(24-28)50(45,46)47)35-32-22-26-11-6-18-41-20-8-13-30(36(26)41)38(32)48-39-31-14-9-21-42-19-7-12-27(37(31)42)23-33(35)39;1-12(2)13-3-6-16(19(9-13)23(26)27)22-17-7-4-14(24)10-20(17)28-21-11-15(25)5-8-18(21)22;1-11(2)12-4-3-5-13(6-12)22-14-7-16(23)18(25)9-20(14)27-21-10-19(26)17(24)8-15(21)22;1-5(2)7-3-6-4-8(13)10(15)9(14)11(6)17-12(7)16;2-1-3/h15-16,22-25,40H,3-14,17-21H2,1-2H3;3-12,24H,25H2,1-2H3,(H,26,27);3-11,25H,1-2H3;3-5,15H,1-2H3;. The highest BCUT2D eigenvalue weighted by atomic mass is 32.2. The number of halogens is 4. The van der Waals surface area contributed by atoms with Crippen LogP contribution in [0.3, 0.4) is 0 Å². The van der Waals surface area contributed by atoms with Gasteiger partial charge in [-0.1, -0.05) is 117 Å². The first-order valence-electron chi connectivity index (χ1n) is 41.6. The number of aromatic carboxylic acids is 1. The van der Waals surface area contributed by atoms with Crippen LogP contribution in [0.1, 0.15) is 185 Å². The lowest BCUT2D eigenvalue weighted by Gasteiger charge is -2.39. The fourth-order valence-electron chi connectivity index (χ4n) is 17.4. The van der Waals surface area contributed by atoms with Gasteiger partial charge in [-0.2, -0.15) is 14.0 Å². The van der Waals surface area contributed by atoms with Crippen molar-refractivity contribution in [3.8, 4) is 67.9 Å². The van der Waals surface area contributed by atoms with Gasteiger partial charge < -0.3 is 53.9 Å². The van der Waals surface area contributed by atoms with Crippen LogP contribution in [-0.4, -0.2) is 81.6 Å². The largest absolute Gasteiger partial charge is 0.744 e. The van der Waals surface area contributed by atoms with Crippen LogP contribution in [-0.2, 0) is 55.4 Å². The van der Waals surface area contributed by atoms with Gasteiger partial charge >= 0.3 is 17.7 Å². The molecule has 125 heavy (non-hydrogen) atoms. The van der Waals surface area contributed by atoms with Crippen molar-refractivity contribution in [3.05, 3.63) is 261 Å². The highest BCUT2D eigenvalue weighted by molar-refractivity contribution is 7.89. The normalized spacial score (nSPS) is 13.8. The quantitative estimate of drug-likeness (QED) is 0.00995. The molecule has 0 bridgehead atoms. The molecular formula is C97H93F4N5O17S2. The van der Waals surface area contributed by atoms with Crippen LogP contribution in [0.4, 0.5) is 28.9 Å². The molecule has 18 rings (SSSR count). The van der Waals surface area contributed by atoms with E-state index >= 15 is 0 Å². The van der Waals surface area contributed by atoms with Crippen LogP contribution in [0.25, 0.3) is 83.4 Å². The first-order valence-corrected chi connectivity index (χ1v) is 44.5. The SMILES string of the molecule is CC(C)CCCCCNS(=O)(=O)c1ccc(C2=c3cc4c5c(c3Oc3c2cc2c6c3CCCN6CCC2)CCC[N+]=5CCC4)c(S(=O)(=O)[O-])c1.CC(C)c1cc2cc(F)c(O)c(F)c2oc1=O.CC(C)c1ccc(-c2c3ccc(=N)cc-3oc3cc(N)ccc23)c(C(=O)O)c1.CC(C)c1cccc(-c2c3cc(F)c(=O)cc-3oc3cc(O)c(F)cc23)c1.O=C=O. The van der Waals surface area contributed by atoms with Gasteiger partial charge in [0.25, 0.3) is 0 Å². The number of nitrogens with two attached hydrogens (primary N) is 1. The summed E-state index contributed by atoms with van der Waals surface area (Å²) in [6.07, 6.45) is 11.5. The third kappa shape index (κ3) is 18.1. The minimum atomic E-state index is -5.09. The van der Waals surface area contributed by atoms with Crippen molar-refractivity contribution in [2.45, 2.75) is 160 Å². The molecule has 28 heteroatoms. The molecule has 0 fully saturated rings. The summed E-state index contributed by atoms with van der Waals surface area (Å²) in [4.78, 5) is 53.3. The molecular weight excluding hydrogens is 1650 g/mol. The summed E-state index contributed by atoms with van der Waals surface area (Å²) in [6.45, 7) is 20.3. The predicted molar refractivity (Wildman–Crippen MR) is 466 cm³/mol. The molecule has 648 valence electrons. The number of anilines is 2. The Labute approximate surface area is 717 Å². The lowest BCUT2D eigenvalue weighted by molar-refractivity contribution is -0.191. The number of carboxylic acid groups (broad SMARTS) is 1. The van der Waals surface area contributed by atoms with Crippen LogP contribution in [0.15, 0.2) is 178 Å². The minimum Gasteiger partial charge on any atom is -0.744 e. The molecule has 9 aromatic rings. The van der Waals surface area contributed by atoms with Crippen molar-refractivity contribution in [3.63, 3.8) is 0 Å². The molecule has 0 saturated carbocycles. The van der Waals surface area contributed by atoms with E-state index in [9.17, 15) is 63.5 Å². The van der Waals surface area contributed by atoms with Crippen molar-refractivity contribution in [2.75, 3.05) is 43.4 Å². The Morgan fingerprint density at radius 1 is 0.632 bits per heavy atom. The number of ether oxygens (including phenoxy) is 1. The number of nitrogens with zero attached hydrogens (tertiary/aromatic N) is 2. The Bertz CT molecular complexity index is 7050. The monoisotopic (exact) mass is 1740 g/mol. The molecule has 8 aromatic carbocycles. The fourth-order valence-corrected chi connectivity index (χ4v) is 19.3. The summed E-state index contributed by atoms with van der Waals surface area (Å²) in [6, 6.07) is 38.8. The molecule has 22 nitrogen and oxygen atoms in total. The van der Waals surface area contributed by atoms with E-state index in [0.29, 0.717) is 67.9 Å². The maximum absolute atomic E-state index is 14.1. The number of nitrogens with one attached hydrogen (secondary N) is 2. The number of nitrogen functional groups attached to an aromatic ring is 1. The number of carbonyl (C=O) groups is 1. The minimum absolute atomic E-state index is 0.112. The summed E-state index contributed by atoms with van der Waals surface area (Å²) in [7, 11) is -9.15. The summed E-state index contributed by atoms with van der Waals surface area (Å²) in [5, 5.41) is 40.2. The van der Waals surface area contributed by atoms with Gasteiger partial charge in [-0.25, -0.2) is 48.9 Å². The molecule has 2 aliphatic carbocycles. The predicted octanol–water partition coefficient (Wildman–Crippen LogP) is 17.6. The molecule has 0 amide bonds. The van der Waals surface area contributed by atoms with E-state index in [0.717, 1.165) is 200 Å². The van der Waals surface area contributed by atoms with Gasteiger partial charge in [0, 0.05) is 145 Å². The number of carbonyl (C=O) groups excluding carboxylic acids is 2. The molecule has 1 aromatic heterocycles. The summed E-state index contributed by atoms with van der Waals surface area (Å²) in [5.41, 5.74) is 19.3. The summed E-state index contributed by atoms with van der Waals surface area (Å²) < 4.78 is 150. The first-order chi connectivity index (χ1) is 59.5. The number of carboxylic acids is 1. The van der Waals surface area contributed by atoms with E-state index in [4.69, 9.17) is 43.8 Å². The Balaban J connectivity index is 0.000000144. The van der Waals surface area contributed by atoms with Crippen LogP contribution in [0.2, 0.25) is 0 Å². The Kier molecular flexibility index (Phi) is 25.8. The van der Waals surface area contributed by atoms with E-state index in [1.165, 1.54) is 40.4 Å². The van der Waals surface area contributed by atoms with Crippen molar-refractivity contribution < 1.29 is 86.6 Å². The molecule has 0 radical (unpaired) electrons. The van der Waals surface area contributed by atoms with Crippen molar-refractivity contribution in [1.82, 2.24) is 9.30 Å². The number of hydrogen-bond donors (Lipinski definition) is 6. The third-order valence-corrected chi connectivity index (χ3v) is 25.8. The Morgan fingerprint density at radius 2 is 1.30 bits per heavy atom. The summed E-state index contributed by atoms with van der Waals surface area (Å²) >= 11 is 0. The van der Waals surface area contributed by atoms with Gasteiger partial charge in [0.2, 0.25) is 26.6 Å². The lowest BCUT2D eigenvalue weighted by Crippen LogP contribution is -2.45. The van der Waals surface area contributed by atoms with Gasteiger partial charge in [0.1, 0.15) is 57.4 Å². The van der Waals surface area contributed by atoms with Crippen molar-refractivity contribution in [1.29, 1.82) is 5.41 Å². The van der Waals surface area contributed by atoms with E-state index in [2.05, 4.69) is 54.0 Å². The number of fused-ring (bicyclic) bond motifs is 9. The van der Waals surface area contributed by atoms with Crippen LogP contribution >= 0.6 is 0 Å². The highest BCUT2D eigenvalue weighted by Gasteiger charge is 2.38. The van der Waals surface area contributed by atoms with E-state index in [-0.39, 0.29) is 63.2 Å². The lowest BCUT2D eigenvalue weighted by atomic mass is 9.82. The zero-order valence-electron chi connectivity index (χ0n) is 70.0. The van der Waals surface area contributed by atoms with E-state index in [1.54, 1.807) is 50.2 Å². The van der Waals surface area contributed by atoms with Crippen molar-refractivity contribution >= 4 is 82.1 Å². The van der Waals surface area contributed by atoms with Gasteiger partial charge in [-0.3, -0.25) is 4.79 Å². The molecule has 0 spiro atoms. The number of rotatable bonds is 16. The Morgan fingerprint density at radius 3 is 2.01 bits per heavy atom. The second-order valence-electron chi connectivity index (χ2n) is 33.3. The first kappa shape index (κ1) is 88.7. The molecule has 9 aliphatic rings. The molecule has 7 aliphatic heterocycles. The topological polar surface area (TPSA) is 354 Å². The van der Waals surface area contributed by atoms with Crippen LogP contribution in [0, 0.1) is 34.6 Å². The maximum atomic E-state index is 14.1. The third-order valence-electron chi connectivity index (χ3n) is 23.4. The maximum Gasteiger partial charge on any atom is 0.373 e. The average Bonchev–Trinajstić information content (AvgIpc) is 0.708. The van der Waals surface area contributed by atoms with E-state index in [1.807, 2.05) is 56.3 Å². The van der Waals surface area contributed by atoms with Crippen LogP contribution < -0.4 is 51.7 Å². The molecule has 8 heterocycles. The Hall–Kier alpha value is -12.6. The van der Waals surface area contributed by atoms with Gasteiger partial charge in [0.15, 0.2) is 34.5 Å². The molecule has 0 saturated heterocycles. The number of phenolic OH excluding ortho intramolecular Hbond substituents is 2. The number of sulfonamides is 1. The fraction of sp³-hybridized carbons (Fsp3) is 0.299. The van der Waals surface area contributed by atoms with Gasteiger partial charge in [-0.15, -0.1) is 0 Å².